The van der Waals surface area contributed by atoms with Crippen molar-refractivity contribution in [3.05, 3.63) is 35.1 Å². The van der Waals surface area contributed by atoms with Crippen LogP contribution in [0.25, 0.3) is 0 Å². The quantitative estimate of drug-likeness (QED) is 0.817. The van der Waals surface area contributed by atoms with Crippen molar-refractivity contribution in [3.63, 3.8) is 0 Å². The molecule has 2 rings (SSSR count). The first-order chi connectivity index (χ1) is 9.58. The molecule has 1 unspecified atom stereocenters. The van der Waals surface area contributed by atoms with E-state index in [1.165, 1.54) is 0 Å². The molecule has 1 amide bonds. The molecule has 1 N–H and O–H groups in total. The average Bonchev–Trinajstić information content (AvgIpc) is 2.67. The second-order valence-corrected chi connectivity index (χ2v) is 6.27. The highest BCUT2D eigenvalue weighted by Crippen LogP contribution is 2.37. The van der Waals surface area contributed by atoms with Gasteiger partial charge < -0.3 is 5.32 Å². The van der Waals surface area contributed by atoms with Gasteiger partial charge >= 0.3 is 6.18 Å². The van der Waals surface area contributed by atoms with Crippen molar-refractivity contribution >= 4 is 5.91 Å². The van der Waals surface area contributed by atoms with E-state index in [1.54, 1.807) is 0 Å². The van der Waals surface area contributed by atoms with Crippen LogP contribution < -0.4 is 5.32 Å². The normalized spacial score (nSPS) is 21.3. The number of hydrogen-bond acceptors (Lipinski definition) is 1. The van der Waals surface area contributed by atoms with E-state index in [9.17, 15) is 22.4 Å². The Morgan fingerprint density at radius 1 is 1.33 bits per heavy atom. The maximum Gasteiger partial charge on any atom is 0.416 e. The first-order valence-electron chi connectivity index (χ1n) is 6.76. The van der Waals surface area contributed by atoms with Gasteiger partial charge in [-0.3, -0.25) is 4.79 Å². The average molecular weight is 303 g/mol. The molecule has 0 radical (unpaired) electrons. The zero-order valence-electron chi connectivity index (χ0n) is 11.9. The Kier molecular flexibility index (Phi) is 4.00. The van der Waals surface area contributed by atoms with Crippen LogP contribution in [0, 0.1) is 11.2 Å². The van der Waals surface area contributed by atoms with Gasteiger partial charge in [-0.2, -0.15) is 13.2 Å². The van der Waals surface area contributed by atoms with E-state index in [4.69, 9.17) is 0 Å². The van der Waals surface area contributed by atoms with Gasteiger partial charge in [-0.05, 0) is 42.9 Å². The van der Waals surface area contributed by atoms with Crippen molar-refractivity contribution in [2.24, 2.45) is 5.41 Å². The van der Waals surface area contributed by atoms with Gasteiger partial charge in [0.1, 0.15) is 5.82 Å². The fraction of sp³-hybridized carbons (Fsp3) is 0.533. The summed E-state index contributed by atoms with van der Waals surface area (Å²) in [6, 6.07) is 1.74. The standard InChI is InChI=1S/C15H17F4NO/c1-14(2)6-5-10(8-14)20-13(21)11-7-9(15(17,18)19)3-4-12(11)16/h3-4,7,10H,5-6,8H2,1-2H3,(H,20,21). The first kappa shape index (κ1) is 15.8. The number of rotatable bonds is 2. The molecule has 1 saturated carbocycles. The number of hydrogen-bond donors (Lipinski definition) is 1. The van der Waals surface area contributed by atoms with Gasteiger partial charge in [0, 0.05) is 6.04 Å². The van der Waals surface area contributed by atoms with Crippen molar-refractivity contribution < 1.29 is 22.4 Å². The number of carbonyl (C=O) groups is 1. The molecular formula is C15H17F4NO. The molecule has 0 spiro atoms. The Bertz CT molecular complexity index is 551. The lowest BCUT2D eigenvalue weighted by atomic mass is 9.92. The van der Waals surface area contributed by atoms with Gasteiger partial charge in [0.15, 0.2) is 0 Å². The molecule has 6 heteroatoms. The van der Waals surface area contributed by atoms with Gasteiger partial charge in [-0.1, -0.05) is 13.8 Å². The Morgan fingerprint density at radius 2 is 2.00 bits per heavy atom. The van der Waals surface area contributed by atoms with Crippen molar-refractivity contribution in [3.8, 4) is 0 Å². The maximum absolute atomic E-state index is 13.6. The van der Waals surface area contributed by atoms with E-state index in [0.717, 1.165) is 19.3 Å². The highest BCUT2D eigenvalue weighted by atomic mass is 19.4. The molecule has 21 heavy (non-hydrogen) atoms. The molecule has 1 aliphatic carbocycles. The van der Waals surface area contributed by atoms with Gasteiger partial charge in [0.25, 0.3) is 5.91 Å². The Hall–Kier alpha value is -1.59. The lowest BCUT2D eigenvalue weighted by Gasteiger charge is -2.18. The third-order valence-electron chi connectivity index (χ3n) is 3.84. The lowest BCUT2D eigenvalue weighted by molar-refractivity contribution is -0.137. The van der Waals surface area contributed by atoms with Crippen LogP contribution in [0.3, 0.4) is 0 Å². The van der Waals surface area contributed by atoms with Gasteiger partial charge in [0.2, 0.25) is 0 Å². The first-order valence-corrected chi connectivity index (χ1v) is 6.76. The molecule has 0 saturated heterocycles. The third-order valence-corrected chi connectivity index (χ3v) is 3.84. The van der Waals surface area contributed by atoms with Crippen molar-refractivity contribution in [2.45, 2.75) is 45.3 Å². The van der Waals surface area contributed by atoms with Crippen LogP contribution in [0.2, 0.25) is 0 Å². The summed E-state index contributed by atoms with van der Waals surface area (Å²) in [5, 5.41) is 2.62. The van der Waals surface area contributed by atoms with Crippen molar-refractivity contribution in [1.82, 2.24) is 5.32 Å². The SMILES string of the molecule is CC1(C)CCC(NC(=O)c2cc(C(F)(F)F)ccc2F)C1. The van der Waals surface area contributed by atoms with E-state index in [1.807, 2.05) is 0 Å². The van der Waals surface area contributed by atoms with Crippen LogP contribution in [0.5, 0.6) is 0 Å². The number of amides is 1. The minimum absolute atomic E-state index is 0.0876. The molecule has 1 aliphatic rings. The summed E-state index contributed by atoms with van der Waals surface area (Å²) in [4.78, 5) is 12.0. The zero-order chi connectivity index (χ0) is 15.8. The van der Waals surface area contributed by atoms with E-state index in [2.05, 4.69) is 19.2 Å². The summed E-state index contributed by atoms with van der Waals surface area (Å²) in [5.74, 6) is -1.74. The fourth-order valence-electron chi connectivity index (χ4n) is 2.70. The number of carbonyl (C=O) groups excluding carboxylic acids is 1. The highest BCUT2D eigenvalue weighted by Gasteiger charge is 2.34. The topological polar surface area (TPSA) is 29.1 Å². The summed E-state index contributed by atoms with van der Waals surface area (Å²) in [7, 11) is 0. The second-order valence-electron chi connectivity index (χ2n) is 6.27. The van der Waals surface area contributed by atoms with Crippen LogP contribution in [-0.4, -0.2) is 11.9 Å². The number of benzene rings is 1. The summed E-state index contributed by atoms with van der Waals surface area (Å²) >= 11 is 0. The van der Waals surface area contributed by atoms with Gasteiger partial charge in [0.05, 0.1) is 11.1 Å². The van der Waals surface area contributed by atoms with Crippen molar-refractivity contribution in [1.29, 1.82) is 0 Å². The van der Waals surface area contributed by atoms with Crippen LogP contribution in [0.4, 0.5) is 17.6 Å². The summed E-state index contributed by atoms with van der Waals surface area (Å²) in [6.45, 7) is 4.12. The zero-order valence-corrected chi connectivity index (χ0v) is 11.9. The third kappa shape index (κ3) is 3.74. The molecular weight excluding hydrogens is 286 g/mol. The molecule has 1 aromatic rings. The molecule has 0 heterocycles. The van der Waals surface area contributed by atoms with E-state index < -0.39 is 29.0 Å². The molecule has 0 bridgehead atoms. The highest BCUT2D eigenvalue weighted by molar-refractivity contribution is 5.94. The molecule has 0 aliphatic heterocycles. The smallest absolute Gasteiger partial charge is 0.349 e. The van der Waals surface area contributed by atoms with Crippen molar-refractivity contribution in [2.75, 3.05) is 0 Å². The Labute approximate surface area is 120 Å². The molecule has 2 nitrogen and oxygen atoms in total. The van der Waals surface area contributed by atoms with Gasteiger partial charge in [-0.25, -0.2) is 4.39 Å². The minimum atomic E-state index is -4.60. The molecule has 116 valence electrons. The second kappa shape index (κ2) is 5.31. The molecule has 1 fully saturated rings. The minimum Gasteiger partial charge on any atom is -0.349 e. The summed E-state index contributed by atoms with van der Waals surface area (Å²) in [5.41, 5.74) is -1.50. The maximum atomic E-state index is 13.6. The lowest BCUT2D eigenvalue weighted by Crippen LogP contribution is -2.34. The molecule has 1 atom stereocenters. The van der Waals surface area contributed by atoms with Crippen LogP contribution in [-0.2, 0) is 6.18 Å². The van der Waals surface area contributed by atoms with Gasteiger partial charge in [-0.15, -0.1) is 0 Å². The van der Waals surface area contributed by atoms with E-state index in [0.29, 0.717) is 18.2 Å². The summed E-state index contributed by atoms with van der Waals surface area (Å²) in [6.07, 6.45) is -2.19. The number of halogens is 4. The van der Waals surface area contributed by atoms with E-state index >= 15 is 0 Å². The largest absolute Gasteiger partial charge is 0.416 e. The predicted octanol–water partition coefficient (Wildman–Crippen LogP) is 4.15. The number of nitrogens with one attached hydrogen (secondary N) is 1. The van der Waals surface area contributed by atoms with Crippen LogP contribution in [0.15, 0.2) is 18.2 Å². The Balaban J connectivity index is 2.16. The van der Waals surface area contributed by atoms with Crippen LogP contribution in [0.1, 0.15) is 49.0 Å². The molecule has 0 aromatic heterocycles. The van der Waals surface area contributed by atoms with E-state index in [-0.39, 0.29) is 11.5 Å². The molecule has 1 aromatic carbocycles. The predicted molar refractivity (Wildman–Crippen MR) is 70.3 cm³/mol. The fourth-order valence-corrected chi connectivity index (χ4v) is 2.70. The van der Waals surface area contributed by atoms with Crippen LogP contribution >= 0.6 is 0 Å². The number of alkyl halides is 3. The Morgan fingerprint density at radius 3 is 2.52 bits per heavy atom. The summed E-state index contributed by atoms with van der Waals surface area (Å²) < 4.78 is 51.5. The monoisotopic (exact) mass is 303 g/mol.